The lowest BCUT2D eigenvalue weighted by atomic mass is 10.2. The molecule has 0 aliphatic heterocycles. The standard InChI is InChI=1S/C18H18N4O4S/c23-18(22-24)9-8-13-4-3-5-14(12-13)27(25,26)19-11-10-17-20-15-6-1-2-7-16(15)21-17/h1-9,12,19,24H,10-11H2,(H,20,21)(H,22,23). The van der Waals surface area contributed by atoms with Crippen LogP contribution < -0.4 is 10.2 Å². The Kier molecular flexibility index (Phi) is 5.65. The number of carbonyl (C=O) groups excluding carboxylic acids is 1. The van der Waals surface area contributed by atoms with Gasteiger partial charge in [-0.25, -0.2) is 23.6 Å². The molecule has 2 aromatic carbocycles. The molecule has 0 atom stereocenters. The van der Waals surface area contributed by atoms with Crippen LogP contribution in [-0.2, 0) is 21.2 Å². The average Bonchev–Trinajstić information content (AvgIpc) is 3.09. The maximum atomic E-state index is 12.5. The second-order valence-electron chi connectivity index (χ2n) is 5.73. The summed E-state index contributed by atoms with van der Waals surface area (Å²) in [6.45, 7) is 0.190. The molecule has 9 heteroatoms. The van der Waals surface area contributed by atoms with Gasteiger partial charge in [-0.2, -0.15) is 0 Å². The average molecular weight is 386 g/mol. The molecule has 0 unspecified atom stereocenters. The maximum Gasteiger partial charge on any atom is 0.267 e. The predicted octanol–water partition coefficient (Wildman–Crippen LogP) is 1.60. The maximum absolute atomic E-state index is 12.5. The fraction of sp³-hybridized carbons (Fsp3) is 0.111. The Balaban J connectivity index is 1.65. The highest BCUT2D eigenvalue weighted by molar-refractivity contribution is 7.89. The summed E-state index contributed by atoms with van der Waals surface area (Å²) >= 11 is 0. The molecule has 0 spiro atoms. The van der Waals surface area contributed by atoms with E-state index in [1.54, 1.807) is 12.1 Å². The molecular weight excluding hydrogens is 368 g/mol. The normalized spacial score (nSPS) is 11.9. The van der Waals surface area contributed by atoms with Crippen molar-refractivity contribution in [2.75, 3.05) is 6.54 Å². The number of H-pyrrole nitrogens is 1. The number of benzene rings is 2. The summed E-state index contributed by atoms with van der Waals surface area (Å²) in [5.74, 6) is -0.00202. The highest BCUT2D eigenvalue weighted by Crippen LogP contribution is 2.13. The van der Waals surface area contributed by atoms with Crippen LogP contribution in [0.25, 0.3) is 17.1 Å². The number of amides is 1. The molecule has 4 N–H and O–H groups in total. The van der Waals surface area contributed by atoms with Crippen LogP contribution in [0.15, 0.2) is 59.5 Å². The molecule has 0 aliphatic carbocycles. The van der Waals surface area contributed by atoms with Crippen molar-refractivity contribution in [2.45, 2.75) is 11.3 Å². The van der Waals surface area contributed by atoms with Crippen molar-refractivity contribution in [3.63, 3.8) is 0 Å². The minimum absolute atomic E-state index is 0.0821. The SMILES string of the molecule is O=C(C=Cc1cccc(S(=O)(=O)NCCc2nc3ccccc3[nH]2)c1)NO. The lowest BCUT2D eigenvalue weighted by molar-refractivity contribution is -0.124. The van der Waals surface area contributed by atoms with E-state index >= 15 is 0 Å². The van der Waals surface area contributed by atoms with E-state index < -0.39 is 15.9 Å². The summed E-state index contributed by atoms with van der Waals surface area (Å²) < 4.78 is 27.5. The van der Waals surface area contributed by atoms with Gasteiger partial charge in [0, 0.05) is 19.0 Å². The van der Waals surface area contributed by atoms with Gasteiger partial charge in [0.25, 0.3) is 5.91 Å². The second kappa shape index (κ2) is 8.12. The number of aromatic amines is 1. The van der Waals surface area contributed by atoms with Gasteiger partial charge in [0.2, 0.25) is 10.0 Å². The summed E-state index contributed by atoms with van der Waals surface area (Å²) in [5.41, 5.74) is 3.72. The van der Waals surface area contributed by atoms with Gasteiger partial charge >= 0.3 is 0 Å². The van der Waals surface area contributed by atoms with Gasteiger partial charge in [-0.05, 0) is 35.9 Å². The van der Waals surface area contributed by atoms with Gasteiger partial charge in [0.05, 0.1) is 15.9 Å². The zero-order valence-electron chi connectivity index (χ0n) is 14.2. The fourth-order valence-corrected chi connectivity index (χ4v) is 3.59. The quantitative estimate of drug-likeness (QED) is 0.279. The van der Waals surface area contributed by atoms with E-state index in [2.05, 4.69) is 14.7 Å². The first-order valence-corrected chi connectivity index (χ1v) is 9.62. The minimum atomic E-state index is -3.70. The van der Waals surface area contributed by atoms with Crippen LogP contribution in [0.4, 0.5) is 0 Å². The Bertz CT molecular complexity index is 1060. The first-order valence-electron chi connectivity index (χ1n) is 8.13. The van der Waals surface area contributed by atoms with Crippen molar-refractivity contribution >= 4 is 33.0 Å². The Morgan fingerprint density at radius 2 is 2.00 bits per heavy atom. The number of nitrogens with zero attached hydrogens (tertiary/aromatic N) is 1. The molecular formula is C18H18N4O4S. The Labute approximate surface area is 156 Å². The molecule has 27 heavy (non-hydrogen) atoms. The summed E-state index contributed by atoms with van der Waals surface area (Å²) in [5, 5.41) is 8.47. The van der Waals surface area contributed by atoms with Crippen LogP contribution in [0.2, 0.25) is 0 Å². The van der Waals surface area contributed by atoms with Crippen LogP contribution in [0.1, 0.15) is 11.4 Å². The number of fused-ring (bicyclic) bond motifs is 1. The summed E-state index contributed by atoms with van der Waals surface area (Å²) in [4.78, 5) is 18.7. The number of nitrogens with one attached hydrogen (secondary N) is 3. The Morgan fingerprint density at radius 3 is 2.78 bits per heavy atom. The summed E-state index contributed by atoms with van der Waals surface area (Å²) in [7, 11) is -3.70. The van der Waals surface area contributed by atoms with Gasteiger partial charge < -0.3 is 4.98 Å². The molecule has 3 aromatic rings. The van der Waals surface area contributed by atoms with Crippen LogP contribution in [-0.4, -0.2) is 36.0 Å². The van der Waals surface area contributed by atoms with Gasteiger partial charge in [-0.15, -0.1) is 0 Å². The molecule has 0 bridgehead atoms. The smallest absolute Gasteiger partial charge is 0.267 e. The van der Waals surface area contributed by atoms with E-state index in [0.717, 1.165) is 17.1 Å². The van der Waals surface area contributed by atoms with E-state index in [1.165, 1.54) is 23.7 Å². The third-order valence-electron chi connectivity index (χ3n) is 3.80. The lowest BCUT2D eigenvalue weighted by Gasteiger charge is -2.06. The summed E-state index contributed by atoms with van der Waals surface area (Å²) in [6, 6.07) is 13.7. The topological polar surface area (TPSA) is 124 Å². The first kappa shape index (κ1) is 18.8. The molecule has 0 radical (unpaired) electrons. The number of hydrogen-bond donors (Lipinski definition) is 4. The van der Waals surface area contributed by atoms with Gasteiger partial charge in [0.15, 0.2) is 0 Å². The van der Waals surface area contributed by atoms with Crippen molar-refractivity contribution < 1.29 is 18.4 Å². The van der Waals surface area contributed by atoms with Gasteiger partial charge in [-0.1, -0.05) is 24.3 Å². The molecule has 1 amide bonds. The van der Waals surface area contributed by atoms with Crippen LogP contribution >= 0.6 is 0 Å². The number of imidazole rings is 1. The highest BCUT2D eigenvalue weighted by Gasteiger charge is 2.14. The summed E-state index contributed by atoms with van der Waals surface area (Å²) in [6.07, 6.45) is 2.92. The van der Waals surface area contributed by atoms with Crippen LogP contribution in [0.5, 0.6) is 0 Å². The zero-order chi connectivity index (χ0) is 19.3. The van der Waals surface area contributed by atoms with Crippen molar-refractivity contribution in [2.24, 2.45) is 0 Å². The number of rotatable bonds is 7. The zero-order valence-corrected chi connectivity index (χ0v) is 15.0. The van der Waals surface area contributed by atoms with E-state index in [-0.39, 0.29) is 11.4 Å². The Hall–Kier alpha value is -3.01. The van der Waals surface area contributed by atoms with Crippen molar-refractivity contribution in [3.05, 3.63) is 66.0 Å². The predicted molar refractivity (Wildman–Crippen MR) is 100 cm³/mol. The van der Waals surface area contributed by atoms with E-state index in [1.807, 2.05) is 24.3 Å². The molecule has 140 valence electrons. The van der Waals surface area contributed by atoms with E-state index in [0.29, 0.717) is 17.8 Å². The molecule has 1 aromatic heterocycles. The van der Waals surface area contributed by atoms with Crippen LogP contribution in [0, 0.1) is 0 Å². The van der Waals surface area contributed by atoms with Crippen molar-refractivity contribution in [1.82, 2.24) is 20.2 Å². The molecule has 1 heterocycles. The third kappa shape index (κ3) is 4.79. The highest BCUT2D eigenvalue weighted by atomic mass is 32.2. The molecule has 0 fully saturated rings. The number of hydroxylamine groups is 1. The number of para-hydroxylation sites is 2. The molecule has 0 saturated carbocycles. The number of sulfonamides is 1. The largest absolute Gasteiger partial charge is 0.342 e. The molecule has 0 saturated heterocycles. The number of hydrogen-bond acceptors (Lipinski definition) is 5. The number of carbonyl (C=O) groups is 1. The van der Waals surface area contributed by atoms with Crippen molar-refractivity contribution in [3.8, 4) is 0 Å². The number of aromatic nitrogens is 2. The van der Waals surface area contributed by atoms with Gasteiger partial charge in [0.1, 0.15) is 5.82 Å². The Morgan fingerprint density at radius 1 is 1.19 bits per heavy atom. The van der Waals surface area contributed by atoms with E-state index in [9.17, 15) is 13.2 Å². The minimum Gasteiger partial charge on any atom is -0.342 e. The first-order chi connectivity index (χ1) is 13.0. The molecule has 3 rings (SSSR count). The third-order valence-corrected chi connectivity index (χ3v) is 5.26. The van der Waals surface area contributed by atoms with Crippen LogP contribution in [0.3, 0.4) is 0 Å². The monoisotopic (exact) mass is 386 g/mol. The van der Waals surface area contributed by atoms with Crippen molar-refractivity contribution in [1.29, 1.82) is 0 Å². The molecule has 0 aliphatic rings. The molecule has 8 nitrogen and oxygen atoms in total. The van der Waals surface area contributed by atoms with Gasteiger partial charge in [-0.3, -0.25) is 10.0 Å². The lowest BCUT2D eigenvalue weighted by Crippen LogP contribution is -2.26. The second-order valence-corrected chi connectivity index (χ2v) is 7.50. The van der Waals surface area contributed by atoms with E-state index in [4.69, 9.17) is 5.21 Å². The fourth-order valence-electron chi connectivity index (χ4n) is 2.51.